The van der Waals surface area contributed by atoms with Crippen LogP contribution in [-0.4, -0.2) is 30.2 Å². The van der Waals surface area contributed by atoms with Crippen molar-refractivity contribution in [2.24, 2.45) is 0 Å². The molecule has 1 unspecified atom stereocenters. The largest absolute Gasteiger partial charge is 0.493 e. The summed E-state index contributed by atoms with van der Waals surface area (Å²) in [6.45, 7) is 3.42. The summed E-state index contributed by atoms with van der Waals surface area (Å²) in [5.74, 6) is 0.656. The Morgan fingerprint density at radius 3 is 2.50 bits per heavy atom. The number of carbonyl (C=O) groups excluding carboxylic acids is 2. The quantitative estimate of drug-likeness (QED) is 0.123. The van der Waals surface area contributed by atoms with E-state index < -0.39 is 0 Å². The van der Waals surface area contributed by atoms with Gasteiger partial charge in [-0.3, -0.25) is 9.59 Å². The molecule has 0 fully saturated rings. The first kappa shape index (κ1) is 27.5. The molecule has 5 rings (SSSR count). The van der Waals surface area contributed by atoms with Crippen LogP contribution >= 0.6 is 0 Å². The Bertz CT molecular complexity index is 1430. The fraction of sp³-hybridized carbons (Fsp3) is 0.353. The molecule has 6 nitrogen and oxygen atoms in total. The van der Waals surface area contributed by atoms with Crippen LogP contribution in [0.4, 0.5) is 0 Å². The molecule has 0 spiro atoms. The molecule has 1 heterocycles. The van der Waals surface area contributed by atoms with Crippen molar-refractivity contribution in [3.63, 3.8) is 0 Å². The van der Waals surface area contributed by atoms with Gasteiger partial charge in [0.25, 0.3) is 0 Å². The number of nitrogens with one attached hydrogen (secondary N) is 1. The van der Waals surface area contributed by atoms with Crippen molar-refractivity contribution in [3.8, 4) is 5.75 Å². The standard InChI is InChI=1S/C34H38N2O4/c1-2-39-33(38)17-10-20-40-32-22-28-31(21-27(32)19-18-25-11-5-3-6-12-25)36(23-26-13-7-4-8-14-26)30-16-9-15-29(34(28)30)35-24-37/h3-8,11-14,21-22,24,29H,2,9-10,15-20,23H2,1H3,(H,35,37). The van der Waals surface area contributed by atoms with Crippen LogP contribution in [0.5, 0.6) is 5.75 Å². The van der Waals surface area contributed by atoms with Gasteiger partial charge in [0.05, 0.1) is 19.3 Å². The monoisotopic (exact) mass is 538 g/mol. The molecule has 0 bridgehead atoms. The number of hydrogen-bond donors (Lipinski definition) is 1. The number of amides is 1. The summed E-state index contributed by atoms with van der Waals surface area (Å²) in [4.78, 5) is 23.4. The van der Waals surface area contributed by atoms with Gasteiger partial charge >= 0.3 is 5.97 Å². The average Bonchev–Trinajstić information content (AvgIpc) is 3.28. The summed E-state index contributed by atoms with van der Waals surface area (Å²) in [6, 6.07) is 25.5. The number of ether oxygens (including phenoxy) is 2. The lowest BCUT2D eigenvalue weighted by Gasteiger charge is -2.24. The lowest BCUT2D eigenvalue weighted by Crippen LogP contribution is -2.24. The van der Waals surface area contributed by atoms with Gasteiger partial charge in [-0.15, -0.1) is 0 Å². The number of carbonyl (C=O) groups is 2. The first-order chi connectivity index (χ1) is 19.7. The molecule has 0 saturated carbocycles. The van der Waals surface area contributed by atoms with Gasteiger partial charge in [0, 0.05) is 35.1 Å². The summed E-state index contributed by atoms with van der Waals surface area (Å²) in [6.07, 6.45) is 6.42. The lowest BCUT2D eigenvalue weighted by molar-refractivity contribution is -0.143. The van der Waals surface area contributed by atoms with Crippen LogP contribution in [0.3, 0.4) is 0 Å². The highest BCUT2D eigenvalue weighted by Crippen LogP contribution is 2.41. The van der Waals surface area contributed by atoms with E-state index in [2.05, 4.69) is 70.5 Å². The molecule has 1 aliphatic rings. The predicted octanol–water partition coefficient (Wildman–Crippen LogP) is 6.32. The predicted molar refractivity (Wildman–Crippen MR) is 158 cm³/mol. The Morgan fingerprint density at radius 1 is 1.02 bits per heavy atom. The summed E-state index contributed by atoms with van der Waals surface area (Å²) in [5, 5.41) is 4.21. The van der Waals surface area contributed by atoms with E-state index in [0.29, 0.717) is 26.1 Å². The molecule has 0 radical (unpaired) electrons. The van der Waals surface area contributed by atoms with Gasteiger partial charge in [0.1, 0.15) is 5.75 Å². The lowest BCUT2D eigenvalue weighted by atomic mass is 9.90. The zero-order chi connectivity index (χ0) is 27.7. The molecule has 0 saturated heterocycles. The van der Waals surface area contributed by atoms with Crippen LogP contribution < -0.4 is 10.1 Å². The molecule has 3 aromatic carbocycles. The number of hydrogen-bond acceptors (Lipinski definition) is 4. The van der Waals surface area contributed by atoms with E-state index in [1.165, 1.54) is 27.9 Å². The second-order valence-electron chi connectivity index (χ2n) is 10.4. The summed E-state index contributed by atoms with van der Waals surface area (Å²) < 4.78 is 13.9. The van der Waals surface area contributed by atoms with Gasteiger partial charge in [0.2, 0.25) is 6.41 Å². The van der Waals surface area contributed by atoms with Gasteiger partial charge in [-0.1, -0.05) is 60.7 Å². The van der Waals surface area contributed by atoms with Gasteiger partial charge in [0.15, 0.2) is 0 Å². The number of aromatic nitrogens is 1. The van der Waals surface area contributed by atoms with Crippen LogP contribution in [0.2, 0.25) is 0 Å². The smallest absolute Gasteiger partial charge is 0.305 e. The number of benzene rings is 3. The number of rotatable bonds is 13. The van der Waals surface area contributed by atoms with E-state index in [1.807, 2.05) is 19.1 Å². The fourth-order valence-corrected chi connectivity index (χ4v) is 5.85. The SMILES string of the molecule is CCOC(=O)CCCOc1cc2c3c(n(Cc4ccccc4)c2cc1CCc1ccccc1)CCCC3NC=O. The van der Waals surface area contributed by atoms with Crippen LogP contribution in [0, 0.1) is 0 Å². The summed E-state index contributed by atoms with van der Waals surface area (Å²) in [5.41, 5.74) is 7.35. The zero-order valence-corrected chi connectivity index (χ0v) is 23.2. The molecule has 1 atom stereocenters. The van der Waals surface area contributed by atoms with Crippen molar-refractivity contribution in [2.45, 2.75) is 64.5 Å². The Balaban J connectivity index is 1.54. The van der Waals surface area contributed by atoms with E-state index in [9.17, 15) is 9.59 Å². The van der Waals surface area contributed by atoms with E-state index in [-0.39, 0.29) is 12.0 Å². The van der Waals surface area contributed by atoms with Crippen LogP contribution in [-0.2, 0) is 40.1 Å². The Labute approximate surface area is 236 Å². The molecule has 1 aromatic heterocycles. The maximum absolute atomic E-state index is 11.9. The Kier molecular flexibility index (Phi) is 9.17. The van der Waals surface area contributed by atoms with Crippen molar-refractivity contribution < 1.29 is 19.1 Å². The van der Waals surface area contributed by atoms with E-state index in [0.717, 1.165) is 61.8 Å². The zero-order valence-electron chi connectivity index (χ0n) is 23.2. The minimum atomic E-state index is -0.194. The number of esters is 1. The minimum Gasteiger partial charge on any atom is -0.493 e. The number of fused-ring (bicyclic) bond motifs is 3. The molecule has 1 N–H and O–H groups in total. The van der Waals surface area contributed by atoms with Gasteiger partial charge in [-0.25, -0.2) is 0 Å². The first-order valence-corrected chi connectivity index (χ1v) is 14.4. The van der Waals surface area contributed by atoms with Crippen molar-refractivity contribution in [3.05, 3.63) is 101 Å². The highest BCUT2D eigenvalue weighted by molar-refractivity contribution is 5.89. The third-order valence-electron chi connectivity index (χ3n) is 7.72. The van der Waals surface area contributed by atoms with Crippen LogP contribution in [0.1, 0.15) is 66.6 Å². The fourth-order valence-electron chi connectivity index (χ4n) is 5.85. The van der Waals surface area contributed by atoms with E-state index >= 15 is 0 Å². The van der Waals surface area contributed by atoms with Crippen molar-refractivity contribution in [2.75, 3.05) is 13.2 Å². The first-order valence-electron chi connectivity index (χ1n) is 14.4. The molecule has 4 aromatic rings. The Morgan fingerprint density at radius 2 is 1.77 bits per heavy atom. The van der Waals surface area contributed by atoms with E-state index in [4.69, 9.17) is 9.47 Å². The summed E-state index contributed by atoms with van der Waals surface area (Å²) >= 11 is 0. The molecule has 40 heavy (non-hydrogen) atoms. The molecule has 6 heteroatoms. The topological polar surface area (TPSA) is 69.6 Å². The highest BCUT2D eigenvalue weighted by atomic mass is 16.5. The number of aryl methyl sites for hydroxylation is 2. The highest BCUT2D eigenvalue weighted by Gasteiger charge is 2.28. The maximum Gasteiger partial charge on any atom is 0.305 e. The molecule has 0 aliphatic heterocycles. The normalized spacial score (nSPS) is 14.5. The van der Waals surface area contributed by atoms with Gasteiger partial charge in [-0.05, 0) is 74.3 Å². The van der Waals surface area contributed by atoms with Crippen LogP contribution in [0.25, 0.3) is 10.9 Å². The van der Waals surface area contributed by atoms with Crippen molar-refractivity contribution >= 4 is 23.3 Å². The van der Waals surface area contributed by atoms with Crippen molar-refractivity contribution in [1.29, 1.82) is 0 Å². The second-order valence-corrected chi connectivity index (χ2v) is 10.4. The minimum absolute atomic E-state index is 0.0207. The van der Waals surface area contributed by atoms with Crippen molar-refractivity contribution in [1.82, 2.24) is 9.88 Å². The van der Waals surface area contributed by atoms with E-state index in [1.54, 1.807) is 0 Å². The third-order valence-corrected chi connectivity index (χ3v) is 7.72. The second kappa shape index (κ2) is 13.3. The van der Waals surface area contributed by atoms with Gasteiger partial charge < -0.3 is 19.4 Å². The number of nitrogens with zero attached hydrogens (tertiary/aromatic N) is 1. The average molecular weight is 539 g/mol. The Hall–Kier alpha value is -4.06. The summed E-state index contributed by atoms with van der Waals surface area (Å²) in [7, 11) is 0. The van der Waals surface area contributed by atoms with Gasteiger partial charge in [-0.2, -0.15) is 0 Å². The maximum atomic E-state index is 11.9. The molecule has 1 aliphatic carbocycles. The molecule has 208 valence electrons. The molecule has 1 amide bonds. The van der Waals surface area contributed by atoms with Crippen LogP contribution in [0.15, 0.2) is 72.8 Å². The molecular formula is C34H38N2O4. The third kappa shape index (κ3) is 6.39. The molecular weight excluding hydrogens is 500 g/mol.